The fourth-order valence-electron chi connectivity index (χ4n) is 1.75. The van der Waals surface area contributed by atoms with E-state index in [1.807, 2.05) is 19.2 Å². The van der Waals surface area contributed by atoms with Crippen molar-refractivity contribution in [3.8, 4) is 5.75 Å². The van der Waals surface area contributed by atoms with Crippen molar-refractivity contribution >= 4 is 0 Å². The van der Waals surface area contributed by atoms with Crippen LogP contribution in [-0.4, -0.2) is 31.3 Å². The topological polar surface area (TPSA) is 43.4 Å². The van der Waals surface area contributed by atoms with Gasteiger partial charge in [-0.3, -0.25) is 4.98 Å². The summed E-state index contributed by atoms with van der Waals surface area (Å²) in [6, 6.07) is 3.93. The van der Waals surface area contributed by atoms with Crippen LogP contribution in [0.1, 0.15) is 18.5 Å². The lowest BCUT2D eigenvalue weighted by Crippen LogP contribution is -2.16. The molecule has 1 fully saturated rings. The van der Waals surface area contributed by atoms with Crippen LogP contribution in [0.15, 0.2) is 18.3 Å². The number of nitrogens with one attached hydrogen (secondary N) is 1. The zero-order valence-electron chi connectivity index (χ0n) is 9.61. The van der Waals surface area contributed by atoms with E-state index >= 15 is 0 Å². The fourth-order valence-corrected chi connectivity index (χ4v) is 1.75. The van der Waals surface area contributed by atoms with Gasteiger partial charge in [0.25, 0.3) is 0 Å². The van der Waals surface area contributed by atoms with Crippen molar-refractivity contribution in [1.29, 1.82) is 0 Å². The normalized spacial score (nSPS) is 19.9. The predicted octanol–water partition coefficient (Wildman–Crippen LogP) is 1.36. The largest absolute Gasteiger partial charge is 0.489 e. The maximum atomic E-state index is 5.62. The van der Waals surface area contributed by atoms with E-state index < -0.39 is 0 Å². The standard InChI is InChI=1S/C12H18N2O2/c1-13-7-10-4-5-11(8-14-10)16-9-12-3-2-6-15-12/h4-5,8,12-13H,2-3,6-7,9H2,1H3. The summed E-state index contributed by atoms with van der Waals surface area (Å²) in [6.45, 7) is 2.28. The lowest BCUT2D eigenvalue weighted by molar-refractivity contribution is 0.0678. The Hall–Kier alpha value is -1.13. The third-order valence-corrected chi connectivity index (χ3v) is 2.62. The Morgan fingerprint density at radius 2 is 2.50 bits per heavy atom. The van der Waals surface area contributed by atoms with Crippen molar-refractivity contribution in [2.75, 3.05) is 20.3 Å². The number of pyridine rings is 1. The van der Waals surface area contributed by atoms with Gasteiger partial charge in [-0.1, -0.05) is 0 Å². The van der Waals surface area contributed by atoms with E-state index in [1.165, 1.54) is 0 Å². The molecule has 4 heteroatoms. The summed E-state index contributed by atoms with van der Waals surface area (Å²) in [5, 5.41) is 3.06. The molecule has 0 bridgehead atoms. The molecule has 0 spiro atoms. The third-order valence-electron chi connectivity index (χ3n) is 2.62. The maximum Gasteiger partial charge on any atom is 0.137 e. The molecule has 1 aromatic rings. The molecule has 1 atom stereocenters. The smallest absolute Gasteiger partial charge is 0.137 e. The summed E-state index contributed by atoms with van der Waals surface area (Å²) in [7, 11) is 1.91. The summed E-state index contributed by atoms with van der Waals surface area (Å²) in [4.78, 5) is 4.29. The molecule has 0 saturated carbocycles. The van der Waals surface area contributed by atoms with Crippen LogP contribution in [0.25, 0.3) is 0 Å². The molecule has 0 aliphatic carbocycles. The van der Waals surface area contributed by atoms with Crippen molar-refractivity contribution in [2.24, 2.45) is 0 Å². The number of nitrogens with zero attached hydrogens (tertiary/aromatic N) is 1. The lowest BCUT2D eigenvalue weighted by Gasteiger charge is -2.11. The first kappa shape index (κ1) is 11.4. The van der Waals surface area contributed by atoms with Gasteiger partial charge in [-0.15, -0.1) is 0 Å². The molecule has 0 amide bonds. The minimum Gasteiger partial charge on any atom is -0.489 e. The van der Waals surface area contributed by atoms with Crippen LogP contribution in [-0.2, 0) is 11.3 Å². The molecular weight excluding hydrogens is 204 g/mol. The van der Waals surface area contributed by atoms with Crippen LogP contribution in [0.3, 0.4) is 0 Å². The highest BCUT2D eigenvalue weighted by Crippen LogP contribution is 2.15. The predicted molar refractivity (Wildman–Crippen MR) is 61.5 cm³/mol. The molecule has 1 saturated heterocycles. The van der Waals surface area contributed by atoms with Crippen molar-refractivity contribution < 1.29 is 9.47 Å². The Labute approximate surface area is 96.0 Å². The van der Waals surface area contributed by atoms with E-state index in [4.69, 9.17) is 9.47 Å². The summed E-state index contributed by atoms with van der Waals surface area (Å²) >= 11 is 0. The molecule has 16 heavy (non-hydrogen) atoms. The molecule has 1 aromatic heterocycles. The van der Waals surface area contributed by atoms with Crippen molar-refractivity contribution in [2.45, 2.75) is 25.5 Å². The number of ether oxygens (including phenoxy) is 2. The molecule has 1 aliphatic heterocycles. The van der Waals surface area contributed by atoms with Gasteiger partial charge in [-0.2, -0.15) is 0 Å². The molecule has 0 radical (unpaired) electrons. The molecule has 2 heterocycles. The Balaban J connectivity index is 1.80. The third kappa shape index (κ3) is 3.18. The summed E-state index contributed by atoms with van der Waals surface area (Å²) in [6.07, 6.45) is 4.28. The molecule has 0 aromatic carbocycles. The van der Waals surface area contributed by atoms with Gasteiger partial charge in [0, 0.05) is 13.2 Å². The molecule has 1 aliphatic rings. The van der Waals surface area contributed by atoms with Gasteiger partial charge in [-0.05, 0) is 32.0 Å². The van der Waals surface area contributed by atoms with E-state index in [0.717, 1.165) is 37.4 Å². The molecule has 1 N–H and O–H groups in total. The average Bonchev–Trinajstić information content (AvgIpc) is 2.82. The monoisotopic (exact) mass is 222 g/mol. The zero-order chi connectivity index (χ0) is 11.2. The van der Waals surface area contributed by atoms with Crippen LogP contribution in [0.4, 0.5) is 0 Å². The van der Waals surface area contributed by atoms with E-state index in [1.54, 1.807) is 6.20 Å². The number of hydrogen-bond donors (Lipinski definition) is 1. The first-order chi connectivity index (χ1) is 7.88. The zero-order valence-corrected chi connectivity index (χ0v) is 9.61. The van der Waals surface area contributed by atoms with Gasteiger partial charge in [0.2, 0.25) is 0 Å². The second-order valence-electron chi connectivity index (χ2n) is 3.96. The highest BCUT2D eigenvalue weighted by atomic mass is 16.5. The minimum atomic E-state index is 0.261. The average molecular weight is 222 g/mol. The van der Waals surface area contributed by atoms with E-state index in [2.05, 4.69) is 10.3 Å². The minimum absolute atomic E-state index is 0.261. The van der Waals surface area contributed by atoms with Gasteiger partial charge in [0.1, 0.15) is 12.4 Å². The van der Waals surface area contributed by atoms with E-state index in [0.29, 0.717) is 6.61 Å². The number of aromatic nitrogens is 1. The number of hydrogen-bond acceptors (Lipinski definition) is 4. The molecule has 2 rings (SSSR count). The van der Waals surface area contributed by atoms with Crippen LogP contribution in [0, 0.1) is 0 Å². The van der Waals surface area contributed by atoms with Crippen LogP contribution < -0.4 is 10.1 Å². The van der Waals surface area contributed by atoms with Gasteiger partial charge < -0.3 is 14.8 Å². The molecule has 1 unspecified atom stereocenters. The van der Waals surface area contributed by atoms with Crippen LogP contribution in [0.5, 0.6) is 5.75 Å². The maximum absolute atomic E-state index is 5.62. The van der Waals surface area contributed by atoms with Crippen molar-refractivity contribution in [3.63, 3.8) is 0 Å². The Morgan fingerprint density at radius 1 is 1.56 bits per heavy atom. The summed E-state index contributed by atoms with van der Waals surface area (Å²) in [5.41, 5.74) is 1.02. The first-order valence-corrected chi connectivity index (χ1v) is 5.72. The van der Waals surface area contributed by atoms with Crippen LogP contribution in [0.2, 0.25) is 0 Å². The van der Waals surface area contributed by atoms with E-state index in [9.17, 15) is 0 Å². The highest BCUT2D eigenvalue weighted by molar-refractivity contribution is 5.19. The Morgan fingerprint density at radius 3 is 3.12 bits per heavy atom. The highest BCUT2D eigenvalue weighted by Gasteiger charge is 2.15. The molecule has 88 valence electrons. The Bertz CT molecular complexity index is 307. The van der Waals surface area contributed by atoms with Gasteiger partial charge in [-0.25, -0.2) is 0 Å². The summed E-state index contributed by atoms with van der Waals surface area (Å²) in [5.74, 6) is 0.815. The van der Waals surface area contributed by atoms with Gasteiger partial charge in [0.05, 0.1) is 18.0 Å². The molecular formula is C12H18N2O2. The quantitative estimate of drug-likeness (QED) is 0.817. The van der Waals surface area contributed by atoms with Gasteiger partial charge in [0.15, 0.2) is 0 Å². The van der Waals surface area contributed by atoms with E-state index in [-0.39, 0.29) is 6.10 Å². The van der Waals surface area contributed by atoms with Crippen LogP contribution >= 0.6 is 0 Å². The molecule has 4 nitrogen and oxygen atoms in total. The second-order valence-corrected chi connectivity index (χ2v) is 3.96. The fraction of sp³-hybridized carbons (Fsp3) is 0.583. The van der Waals surface area contributed by atoms with Crippen molar-refractivity contribution in [1.82, 2.24) is 10.3 Å². The van der Waals surface area contributed by atoms with Crippen molar-refractivity contribution in [3.05, 3.63) is 24.0 Å². The lowest BCUT2D eigenvalue weighted by atomic mass is 10.2. The summed E-state index contributed by atoms with van der Waals surface area (Å²) < 4.78 is 11.1. The SMILES string of the molecule is CNCc1ccc(OCC2CCCO2)cn1. The number of rotatable bonds is 5. The first-order valence-electron chi connectivity index (χ1n) is 5.72. The Kier molecular flexibility index (Phi) is 4.13. The van der Waals surface area contributed by atoms with Gasteiger partial charge >= 0.3 is 0 Å². The second kappa shape index (κ2) is 5.82.